The van der Waals surface area contributed by atoms with Gasteiger partial charge in [-0.3, -0.25) is 0 Å². The number of hydrogen-bond acceptors (Lipinski definition) is 4. The number of rotatable bonds is 3. The maximum atomic E-state index is 6.25. The van der Waals surface area contributed by atoms with E-state index in [-0.39, 0.29) is 0 Å². The van der Waals surface area contributed by atoms with E-state index in [0.29, 0.717) is 42.0 Å². The summed E-state index contributed by atoms with van der Waals surface area (Å²) in [5.74, 6) is 2.05. The molecule has 0 saturated heterocycles. The molecule has 2 aromatic rings. The second-order valence-electron chi connectivity index (χ2n) is 4.81. The first-order valence-electron chi connectivity index (χ1n) is 6.79. The zero-order chi connectivity index (χ0) is 14.7. The Hall–Kier alpha value is -2.07. The van der Waals surface area contributed by atoms with E-state index in [2.05, 4.69) is 0 Å². The largest absolute Gasteiger partial charge is 0.489 e. The van der Waals surface area contributed by atoms with Crippen molar-refractivity contribution in [1.82, 2.24) is 0 Å². The molecule has 1 aliphatic rings. The van der Waals surface area contributed by atoms with Gasteiger partial charge in [-0.05, 0) is 42.0 Å². The fourth-order valence-electron chi connectivity index (χ4n) is 2.10. The zero-order valence-corrected chi connectivity index (χ0v) is 12.2. The van der Waals surface area contributed by atoms with Gasteiger partial charge in [-0.2, -0.15) is 0 Å². The minimum atomic E-state index is 0.403. The molecule has 2 aromatic carbocycles. The van der Waals surface area contributed by atoms with Crippen molar-refractivity contribution in [3.05, 3.63) is 47.0 Å². The highest BCUT2D eigenvalue weighted by molar-refractivity contribution is 6.32. The first-order chi connectivity index (χ1) is 10.2. The topological polar surface area (TPSA) is 53.7 Å². The van der Waals surface area contributed by atoms with Gasteiger partial charge in [0.1, 0.15) is 12.4 Å². The molecule has 4 nitrogen and oxygen atoms in total. The normalized spacial score (nSPS) is 13.6. The smallest absolute Gasteiger partial charge is 0.179 e. The van der Waals surface area contributed by atoms with Crippen LogP contribution < -0.4 is 19.9 Å². The van der Waals surface area contributed by atoms with Crippen LogP contribution in [-0.4, -0.2) is 13.2 Å². The lowest BCUT2D eigenvalue weighted by atomic mass is 10.2. The van der Waals surface area contributed by atoms with E-state index >= 15 is 0 Å². The molecule has 0 bridgehead atoms. The summed E-state index contributed by atoms with van der Waals surface area (Å²) in [4.78, 5) is 0. The quantitative estimate of drug-likeness (QED) is 0.879. The standard InChI is InChI=1S/C16H16ClNO3/c17-14-8-11(9-15-16(14)20-7-1-6-19-15)10-21-13-4-2-12(18)3-5-13/h2-5,8-9H,1,6-7,10,18H2. The van der Waals surface area contributed by atoms with Crippen LogP contribution in [0.15, 0.2) is 36.4 Å². The van der Waals surface area contributed by atoms with Crippen molar-refractivity contribution in [2.75, 3.05) is 18.9 Å². The highest BCUT2D eigenvalue weighted by atomic mass is 35.5. The lowest BCUT2D eigenvalue weighted by Gasteiger charge is -2.12. The monoisotopic (exact) mass is 305 g/mol. The minimum absolute atomic E-state index is 0.403. The van der Waals surface area contributed by atoms with Gasteiger partial charge < -0.3 is 19.9 Å². The first kappa shape index (κ1) is 13.9. The molecule has 0 unspecified atom stereocenters. The average Bonchev–Trinajstić information content (AvgIpc) is 2.72. The second-order valence-corrected chi connectivity index (χ2v) is 5.22. The molecule has 0 aromatic heterocycles. The molecule has 1 aliphatic heterocycles. The molecule has 0 atom stereocenters. The Kier molecular flexibility index (Phi) is 4.06. The van der Waals surface area contributed by atoms with Gasteiger partial charge in [-0.1, -0.05) is 11.6 Å². The van der Waals surface area contributed by atoms with E-state index in [0.717, 1.165) is 17.7 Å². The Morgan fingerprint density at radius 1 is 1.10 bits per heavy atom. The van der Waals surface area contributed by atoms with Crippen LogP contribution in [0.2, 0.25) is 5.02 Å². The highest BCUT2D eigenvalue weighted by Crippen LogP contribution is 2.38. The predicted octanol–water partition coefficient (Wildman–Crippen LogP) is 3.66. The van der Waals surface area contributed by atoms with Gasteiger partial charge in [0.05, 0.1) is 18.2 Å². The molecule has 3 rings (SSSR count). The number of hydrogen-bond donors (Lipinski definition) is 1. The summed E-state index contributed by atoms with van der Waals surface area (Å²) in [6.45, 7) is 1.65. The number of nitrogens with two attached hydrogens (primary N) is 1. The third-order valence-corrected chi connectivity index (χ3v) is 3.43. The van der Waals surface area contributed by atoms with Crippen LogP contribution >= 0.6 is 11.6 Å². The summed E-state index contributed by atoms with van der Waals surface area (Å²) in [5, 5.41) is 0.547. The Labute approximate surface area is 128 Å². The Bertz CT molecular complexity index is 628. The van der Waals surface area contributed by atoms with Crippen LogP contribution in [0.1, 0.15) is 12.0 Å². The summed E-state index contributed by atoms with van der Waals surface area (Å²) in [5.41, 5.74) is 7.28. The predicted molar refractivity (Wildman–Crippen MR) is 82.2 cm³/mol. The maximum Gasteiger partial charge on any atom is 0.179 e. The van der Waals surface area contributed by atoms with Crippen LogP contribution in [0.25, 0.3) is 0 Å². The van der Waals surface area contributed by atoms with E-state index in [1.807, 2.05) is 24.3 Å². The molecular weight excluding hydrogens is 290 g/mol. The van der Waals surface area contributed by atoms with Gasteiger partial charge in [0.2, 0.25) is 0 Å². The minimum Gasteiger partial charge on any atom is -0.489 e. The van der Waals surface area contributed by atoms with Crippen LogP contribution in [0.4, 0.5) is 5.69 Å². The lowest BCUT2D eigenvalue weighted by molar-refractivity contribution is 0.295. The van der Waals surface area contributed by atoms with Crippen LogP contribution in [0.5, 0.6) is 17.2 Å². The van der Waals surface area contributed by atoms with Crippen molar-refractivity contribution in [2.24, 2.45) is 0 Å². The van der Waals surface area contributed by atoms with Gasteiger partial charge in [0.25, 0.3) is 0 Å². The number of nitrogen functional groups attached to an aromatic ring is 1. The number of halogens is 1. The fraction of sp³-hybridized carbons (Fsp3) is 0.250. The molecule has 0 amide bonds. The molecule has 0 fully saturated rings. The van der Waals surface area contributed by atoms with Crippen molar-refractivity contribution in [3.8, 4) is 17.2 Å². The van der Waals surface area contributed by atoms with E-state index in [4.69, 9.17) is 31.5 Å². The molecule has 0 saturated carbocycles. The molecule has 1 heterocycles. The van der Waals surface area contributed by atoms with E-state index in [1.54, 1.807) is 12.1 Å². The van der Waals surface area contributed by atoms with Crippen molar-refractivity contribution in [3.63, 3.8) is 0 Å². The number of fused-ring (bicyclic) bond motifs is 1. The van der Waals surface area contributed by atoms with Crippen molar-refractivity contribution < 1.29 is 14.2 Å². The van der Waals surface area contributed by atoms with E-state index < -0.39 is 0 Å². The summed E-state index contributed by atoms with van der Waals surface area (Å²) < 4.78 is 17.0. The van der Waals surface area contributed by atoms with Crippen LogP contribution in [0, 0.1) is 0 Å². The van der Waals surface area contributed by atoms with Gasteiger partial charge in [-0.15, -0.1) is 0 Å². The maximum absolute atomic E-state index is 6.25. The zero-order valence-electron chi connectivity index (χ0n) is 11.5. The third-order valence-electron chi connectivity index (χ3n) is 3.15. The van der Waals surface area contributed by atoms with Crippen molar-refractivity contribution >= 4 is 17.3 Å². The number of ether oxygens (including phenoxy) is 3. The van der Waals surface area contributed by atoms with Crippen LogP contribution in [0.3, 0.4) is 0 Å². The molecule has 2 N–H and O–H groups in total. The Balaban J connectivity index is 1.75. The van der Waals surface area contributed by atoms with Gasteiger partial charge >= 0.3 is 0 Å². The molecule has 5 heteroatoms. The molecule has 0 spiro atoms. The lowest BCUT2D eigenvalue weighted by Crippen LogP contribution is -1.98. The van der Waals surface area contributed by atoms with Gasteiger partial charge in [0, 0.05) is 12.1 Å². The first-order valence-corrected chi connectivity index (χ1v) is 7.16. The molecule has 110 valence electrons. The average molecular weight is 306 g/mol. The summed E-state index contributed by atoms with van der Waals surface area (Å²) >= 11 is 6.25. The van der Waals surface area contributed by atoms with Crippen molar-refractivity contribution in [1.29, 1.82) is 0 Å². The van der Waals surface area contributed by atoms with E-state index in [9.17, 15) is 0 Å². The van der Waals surface area contributed by atoms with E-state index in [1.165, 1.54) is 0 Å². The third kappa shape index (κ3) is 3.34. The molecule has 0 aliphatic carbocycles. The van der Waals surface area contributed by atoms with Crippen molar-refractivity contribution in [2.45, 2.75) is 13.0 Å². The summed E-state index contributed by atoms with van der Waals surface area (Å²) in [7, 11) is 0. The Morgan fingerprint density at radius 3 is 2.67 bits per heavy atom. The summed E-state index contributed by atoms with van der Waals surface area (Å²) in [6.07, 6.45) is 0.849. The van der Waals surface area contributed by atoms with Gasteiger partial charge in [0.15, 0.2) is 11.5 Å². The van der Waals surface area contributed by atoms with Gasteiger partial charge in [-0.25, -0.2) is 0 Å². The molecule has 21 heavy (non-hydrogen) atoms. The SMILES string of the molecule is Nc1ccc(OCc2cc(Cl)c3c(c2)OCCCO3)cc1. The number of benzene rings is 2. The summed E-state index contributed by atoms with van der Waals surface area (Å²) in [6, 6.07) is 11.0. The fourth-order valence-corrected chi connectivity index (χ4v) is 2.39. The second kappa shape index (κ2) is 6.14. The molecular formula is C16H16ClNO3. The number of anilines is 1. The molecule has 0 radical (unpaired) electrons. The highest BCUT2D eigenvalue weighted by Gasteiger charge is 2.15. The Morgan fingerprint density at radius 2 is 1.86 bits per heavy atom. The van der Waals surface area contributed by atoms with Crippen LogP contribution in [-0.2, 0) is 6.61 Å².